The molecule has 2 aromatic heterocycles. The van der Waals surface area contributed by atoms with Crippen molar-refractivity contribution >= 4 is 22.5 Å². The van der Waals surface area contributed by atoms with Gasteiger partial charge < -0.3 is 19.5 Å². The van der Waals surface area contributed by atoms with Gasteiger partial charge in [-0.15, -0.1) is 0 Å². The fourth-order valence-electron chi connectivity index (χ4n) is 4.55. The molecule has 1 aromatic carbocycles. The third-order valence-electron chi connectivity index (χ3n) is 6.38. The SMILES string of the molecule is C/C=C\C(=C/C)n1c(Cc2cccc(F)c2C)c(C(=O)N2CCNCC2)c2cc(OC)ncc21. The minimum atomic E-state index is -0.252. The van der Waals surface area contributed by atoms with Crippen LogP contribution >= 0.6 is 0 Å². The Morgan fingerprint density at radius 3 is 2.71 bits per heavy atom. The first-order chi connectivity index (χ1) is 16.5. The summed E-state index contributed by atoms with van der Waals surface area (Å²) in [5.74, 6) is 0.164. The number of amides is 1. The highest BCUT2D eigenvalue weighted by Crippen LogP contribution is 2.34. The fourth-order valence-corrected chi connectivity index (χ4v) is 4.55. The minimum Gasteiger partial charge on any atom is -0.481 e. The largest absolute Gasteiger partial charge is 0.481 e. The number of nitrogens with one attached hydrogen (secondary N) is 1. The number of nitrogens with zero attached hydrogens (tertiary/aromatic N) is 3. The summed E-state index contributed by atoms with van der Waals surface area (Å²) in [6.45, 7) is 8.49. The zero-order valence-electron chi connectivity index (χ0n) is 20.2. The highest BCUT2D eigenvalue weighted by atomic mass is 19.1. The number of aromatic nitrogens is 2. The van der Waals surface area contributed by atoms with Crippen molar-refractivity contribution in [3.63, 3.8) is 0 Å². The monoisotopic (exact) mass is 462 g/mol. The molecule has 1 N–H and O–H groups in total. The van der Waals surface area contributed by atoms with Crippen molar-refractivity contribution in [1.29, 1.82) is 0 Å². The van der Waals surface area contributed by atoms with Gasteiger partial charge in [-0.05, 0) is 44.0 Å². The van der Waals surface area contributed by atoms with E-state index in [2.05, 4.69) is 14.9 Å². The van der Waals surface area contributed by atoms with Crippen LogP contribution in [0.3, 0.4) is 0 Å². The zero-order chi connectivity index (χ0) is 24.2. The van der Waals surface area contributed by atoms with Crippen LogP contribution in [-0.4, -0.2) is 53.6 Å². The Labute approximate surface area is 199 Å². The molecule has 0 spiro atoms. The molecule has 3 aromatic rings. The van der Waals surface area contributed by atoms with Gasteiger partial charge in [-0.1, -0.05) is 24.3 Å². The Morgan fingerprint density at radius 1 is 1.26 bits per heavy atom. The number of carbonyl (C=O) groups excluding carboxylic acids is 1. The summed E-state index contributed by atoms with van der Waals surface area (Å²) >= 11 is 0. The van der Waals surface area contributed by atoms with Crippen LogP contribution in [0, 0.1) is 12.7 Å². The lowest BCUT2D eigenvalue weighted by molar-refractivity contribution is 0.0736. The van der Waals surface area contributed by atoms with E-state index in [1.807, 2.05) is 49.1 Å². The topological polar surface area (TPSA) is 59.4 Å². The predicted octanol–water partition coefficient (Wildman–Crippen LogP) is 4.57. The Hall–Kier alpha value is -3.45. The number of allylic oxidation sites excluding steroid dienone is 4. The number of rotatable bonds is 6. The molecule has 6 nitrogen and oxygen atoms in total. The highest BCUT2D eigenvalue weighted by molar-refractivity contribution is 6.09. The van der Waals surface area contributed by atoms with Crippen LogP contribution in [0.5, 0.6) is 5.88 Å². The van der Waals surface area contributed by atoms with E-state index in [0.29, 0.717) is 36.5 Å². The number of halogens is 1. The normalized spacial score (nSPS) is 14.9. The van der Waals surface area contributed by atoms with Gasteiger partial charge in [0.2, 0.25) is 5.88 Å². The minimum absolute atomic E-state index is 0.0292. The number of ether oxygens (including phenoxy) is 1. The average molecular weight is 463 g/mol. The van der Waals surface area contributed by atoms with Crippen LogP contribution in [0.25, 0.3) is 16.6 Å². The summed E-state index contributed by atoms with van der Waals surface area (Å²) in [5, 5.41) is 4.09. The summed E-state index contributed by atoms with van der Waals surface area (Å²) < 4.78 is 21.9. The Bertz CT molecular complexity index is 1270. The molecule has 0 radical (unpaired) electrons. The van der Waals surface area contributed by atoms with Crippen LogP contribution in [0.15, 0.2) is 48.7 Å². The van der Waals surface area contributed by atoms with E-state index in [1.165, 1.54) is 6.07 Å². The molecule has 0 unspecified atom stereocenters. The second-order valence-electron chi connectivity index (χ2n) is 8.36. The van der Waals surface area contributed by atoms with Gasteiger partial charge in [0, 0.05) is 55.4 Å². The number of fused-ring (bicyclic) bond motifs is 1. The van der Waals surface area contributed by atoms with E-state index >= 15 is 0 Å². The molecule has 34 heavy (non-hydrogen) atoms. The molecular formula is C27H31FN4O2. The van der Waals surface area contributed by atoms with Gasteiger partial charge in [0.1, 0.15) is 5.82 Å². The Kier molecular flexibility index (Phi) is 7.12. The fraction of sp³-hybridized carbons (Fsp3) is 0.333. The first kappa shape index (κ1) is 23.7. The first-order valence-electron chi connectivity index (χ1n) is 11.6. The van der Waals surface area contributed by atoms with Crippen LogP contribution < -0.4 is 10.1 Å². The summed E-state index contributed by atoms with van der Waals surface area (Å²) in [6, 6.07) is 6.93. The van der Waals surface area contributed by atoms with Crippen molar-refractivity contribution in [2.45, 2.75) is 27.2 Å². The molecule has 7 heteroatoms. The lowest BCUT2D eigenvalue weighted by atomic mass is 9.99. The van der Waals surface area contributed by atoms with Crippen LogP contribution in [-0.2, 0) is 6.42 Å². The van der Waals surface area contributed by atoms with Gasteiger partial charge >= 0.3 is 0 Å². The van der Waals surface area contributed by atoms with Gasteiger partial charge in [0.15, 0.2) is 0 Å². The predicted molar refractivity (Wildman–Crippen MR) is 134 cm³/mol. The number of pyridine rings is 1. The molecule has 1 saturated heterocycles. The Balaban J connectivity index is 2.03. The molecule has 1 fully saturated rings. The summed E-state index contributed by atoms with van der Waals surface area (Å²) in [5.41, 5.74) is 4.59. The number of benzene rings is 1. The van der Waals surface area contributed by atoms with Crippen molar-refractivity contribution in [3.05, 3.63) is 76.9 Å². The number of hydrogen-bond donors (Lipinski definition) is 1. The van der Waals surface area contributed by atoms with E-state index in [0.717, 1.165) is 40.9 Å². The van der Waals surface area contributed by atoms with Gasteiger partial charge in [-0.25, -0.2) is 9.37 Å². The van der Waals surface area contributed by atoms with Gasteiger partial charge in [0.25, 0.3) is 5.91 Å². The standard InChI is InChI=1S/C27H31FN4O2/c1-5-8-20(6-2)32-23(15-19-9-7-10-22(28)18(19)3)26(27(33)31-13-11-29-12-14-31)21-16-25(34-4)30-17-24(21)32/h5-10,16-17,29H,11-15H2,1-4H3/b8-5-,20-6+. The second-order valence-corrected chi connectivity index (χ2v) is 8.36. The van der Waals surface area contributed by atoms with Crippen molar-refractivity contribution < 1.29 is 13.9 Å². The van der Waals surface area contributed by atoms with Gasteiger partial charge in [-0.3, -0.25) is 4.79 Å². The van der Waals surface area contributed by atoms with E-state index in [4.69, 9.17) is 4.74 Å². The summed E-state index contributed by atoms with van der Waals surface area (Å²) in [4.78, 5) is 20.3. The number of carbonyl (C=O) groups is 1. The maximum atomic E-state index is 14.4. The van der Waals surface area contributed by atoms with Gasteiger partial charge in [0.05, 0.1) is 24.4 Å². The molecule has 0 saturated carbocycles. The summed E-state index contributed by atoms with van der Waals surface area (Å²) in [7, 11) is 1.57. The van der Waals surface area contributed by atoms with Crippen LogP contribution in [0.2, 0.25) is 0 Å². The number of hydrogen-bond acceptors (Lipinski definition) is 4. The average Bonchev–Trinajstić information content (AvgIpc) is 3.18. The van der Waals surface area contributed by atoms with Crippen LogP contribution in [0.1, 0.15) is 41.0 Å². The molecule has 0 atom stereocenters. The third-order valence-corrected chi connectivity index (χ3v) is 6.38. The smallest absolute Gasteiger partial charge is 0.256 e. The third kappa shape index (κ3) is 4.35. The van der Waals surface area contributed by atoms with Crippen LogP contribution in [0.4, 0.5) is 4.39 Å². The van der Waals surface area contributed by atoms with E-state index in [-0.39, 0.29) is 11.7 Å². The van der Waals surface area contributed by atoms with Gasteiger partial charge in [-0.2, -0.15) is 0 Å². The molecule has 0 bridgehead atoms. The Morgan fingerprint density at radius 2 is 2.03 bits per heavy atom. The van der Waals surface area contributed by atoms with Crippen molar-refractivity contribution in [1.82, 2.24) is 19.8 Å². The highest BCUT2D eigenvalue weighted by Gasteiger charge is 2.29. The molecule has 1 aliphatic rings. The maximum Gasteiger partial charge on any atom is 0.256 e. The molecule has 178 valence electrons. The molecule has 1 aliphatic heterocycles. The molecular weight excluding hydrogens is 431 g/mol. The second kappa shape index (κ2) is 10.2. The maximum absolute atomic E-state index is 14.4. The van der Waals surface area contributed by atoms with Crippen molar-refractivity contribution in [2.75, 3.05) is 33.3 Å². The quantitative estimate of drug-likeness (QED) is 0.546. The zero-order valence-corrected chi connectivity index (χ0v) is 20.2. The molecule has 4 rings (SSSR count). The van der Waals surface area contributed by atoms with E-state index in [9.17, 15) is 9.18 Å². The number of methoxy groups -OCH3 is 1. The van der Waals surface area contributed by atoms with E-state index in [1.54, 1.807) is 26.3 Å². The van der Waals surface area contributed by atoms with E-state index < -0.39 is 0 Å². The van der Waals surface area contributed by atoms with Crippen molar-refractivity contribution in [2.24, 2.45) is 0 Å². The number of piperazine rings is 1. The lowest BCUT2D eigenvalue weighted by Crippen LogP contribution is -2.46. The summed E-state index contributed by atoms with van der Waals surface area (Å²) in [6.07, 6.45) is 8.13. The molecule has 3 heterocycles. The molecule has 0 aliphatic carbocycles. The first-order valence-corrected chi connectivity index (χ1v) is 11.6. The van der Waals surface area contributed by atoms with Crippen molar-refractivity contribution in [3.8, 4) is 5.88 Å². The lowest BCUT2D eigenvalue weighted by Gasteiger charge is -2.28. The molecule has 1 amide bonds.